The van der Waals surface area contributed by atoms with Crippen LogP contribution >= 0.6 is 59.1 Å². The second-order valence-electron chi connectivity index (χ2n) is 4.96. The Morgan fingerprint density at radius 1 is 1.05 bits per heavy atom. The van der Waals surface area contributed by atoms with Crippen LogP contribution in [0.4, 0.5) is 0 Å². The highest BCUT2D eigenvalue weighted by molar-refractivity contribution is 9.11. The van der Waals surface area contributed by atoms with Crippen molar-refractivity contribution < 1.29 is 0 Å². The molecule has 1 aromatic heterocycles. The van der Waals surface area contributed by atoms with Crippen LogP contribution < -0.4 is 5.32 Å². The summed E-state index contributed by atoms with van der Waals surface area (Å²) in [5.41, 5.74) is 1.21. The molecule has 1 aromatic carbocycles. The number of halogens is 3. The molecule has 1 atom stereocenters. The van der Waals surface area contributed by atoms with Crippen LogP contribution in [0.5, 0.6) is 0 Å². The number of thiophene rings is 1. The van der Waals surface area contributed by atoms with E-state index in [-0.39, 0.29) is 0 Å². The first-order valence-corrected chi connectivity index (χ1v) is 9.55. The van der Waals surface area contributed by atoms with Crippen LogP contribution in [0, 0.1) is 5.92 Å². The molecule has 2 rings (SSSR count). The monoisotopic (exact) mass is 479 g/mol. The van der Waals surface area contributed by atoms with Crippen LogP contribution in [0.3, 0.4) is 0 Å². The summed E-state index contributed by atoms with van der Waals surface area (Å²) in [6, 6.07) is 8.99. The fraction of sp³-hybridized carbons (Fsp3) is 0.333. The second kappa shape index (κ2) is 7.05. The summed E-state index contributed by atoms with van der Waals surface area (Å²) in [6.07, 6.45) is 0. The summed E-state index contributed by atoms with van der Waals surface area (Å²) in [5, 5.41) is 3.40. The molecular weight excluding hydrogens is 466 g/mol. The van der Waals surface area contributed by atoms with Crippen LogP contribution in [0.1, 0.15) is 24.8 Å². The van der Waals surface area contributed by atoms with Crippen LogP contribution in [-0.4, -0.2) is 7.05 Å². The van der Waals surface area contributed by atoms with Gasteiger partial charge in [-0.15, -0.1) is 11.3 Å². The van der Waals surface area contributed by atoms with Crippen LogP contribution in [0.25, 0.3) is 10.4 Å². The molecule has 0 saturated carbocycles. The zero-order valence-electron chi connectivity index (χ0n) is 11.5. The van der Waals surface area contributed by atoms with Gasteiger partial charge in [-0.1, -0.05) is 61.6 Å². The lowest BCUT2D eigenvalue weighted by Crippen LogP contribution is -2.20. The lowest BCUT2D eigenvalue weighted by molar-refractivity contribution is 0.449. The molecule has 5 heteroatoms. The molecule has 0 aliphatic rings. The number of rotatable bonds is 4. The summed E-state index contributed by atoms with van der Waals surface area (Å²) in [4.78, 5) is 2.64. The van der Waals surface area contributed by atoms with E-state index in [0.717, 1.165) is 13.4 Å². The summed E-state index contributed by atoms with van der Waals surface area (Å²) in [6.45, 7) is 4.48. The Morgan fingerprint density at radius 3 is 2.15 bits per heavy atom. The lowest BCUT2D eigenvalue weighted by atomic mass is 10.0. The molecule has 0 aliphatic carbocycles. The van der Waals surface area contributed by atoms with Crippen molar-refractivity contribution in [3.8, 4) is 10.4 Å². The minimum Gasteiger partial charge on any atom is -0.312 e. The van der Waals surface area contributed by atoms with Crippen molar-refractivity contribution in [1.82, 2.24) is 5.32 Å². The smallest absolute Gasteiger partial charge is 0.0435 e. The van der Waals surface area contributed by atoms with Gasteiger partial charge in [0.2, 0.25) is 0 Å². The third kappa shape index (κ3) is 3.55. The fourth-order valence-corrected chi connectivity index (χ4v) is 6.55. The number of hydrogen-bond acceptors (Lipinski definition) is 2. The Labute approximate surface area is 149 Å². The standard InChI is InChI=1S/C15H16Br3NS/c1-8(2)15(19-3)13-5-4-12(20-13)14-10(17)6-9(16)7-11(14)18/h4-8,15,19H,1-3H3. The Balaban J connectivity index is 2.43. The zero-order valence-corrected chi connectivity index (χ0v) is 17.1. The summed E-state index contributed by atoms with van der Waals surface area (Å²) >= 11 is 12.7. The Bertz CT molecular complexity index is 584. The molecule has 0 saturated heterocycles. The molecule has 0 fully saturated rings. The third-order valence-corrected chi connectivity index (χ3v) is 6.06. The first kappa shape index (κ1) is 16.7. The number of hydrogen-bond donors (Lipinski definition) is 1. The highest BCUT2D eigenvalue weighted by Crippen LogP contribution is 2.42. The average Bonchev–Trinajstić information content (AvgIpc) is 2.77. The van der Waals surface area contributed by atoms with Crippen LogP contribution in [0.15, 0.2) is 37.7 Å². The Morgan fingerprint density at radius 2 is 1.65 bits per heavy atom. The van der Waals surface area contributed by atoms with Crippen molar-refractivity contribution in [3.05, 3.63) is 42.6 Å². The maximum atomic E-state index is 3.66. The van der Waals surface area contributed by atoms with Gasteiger partial charge in [0.05, 0.1) is 0 Å². The number of benzene rings is 1. The van der Waals surface area contributed by atoms with E-state index in [2.05, 4.69) is 91.2 Å². The van der Waals surface area contributed by atoms with Crippen molar-refractivity contribution >= 4 is 59.1 Å². The molecule has 0 bridgehead atoms. The van der Waals surface area contributed by atoms with Crippen LogP contribution in [0.2, 0.25) is 0 Å². The van der Waals surface area contributed by atoms with Gasteiger partial charge < -0.3 is 5.32 Å². The minimum absolute atomic E-state index is 0.404. The topological polar surface area (TPSA) is 12.0 Å². The molecule has 1 N–H and O–H groups in total. The Hall–Kier alpha value is 0.320. The van der Waals surface area contributed by atoms with Crippen molar-refractivity contribution in [2.45, 2.75) is 19.9 Å². The first-order valence-electron chi connectivity index (χ1n) is 6.36. The molecule has 0 radical (unpaired) electrons. The lowest BCUT2D eigenvalue weighted by Gasteiger charge is -2.18. The summed E-state index contributed by atoms with van der Waals surface area (Å²) in [5.74, 6) is 0.572. The summed E-state index contributed by atoms with van der Waals surface area (Å²) in [7, 11) is 2.02. The molecule has 2 aromatic rings. The minimum atomic E-state index is 0.404. The molecular formula is C15H16Br3NS. The van der Waals surface area contributed by atoms with E-state index in [1.54, 1.807) is 0 Å². The van der Waals surface area contributed by atoms with Gasteiger partial charge in [-0.05, 0) is 37.2 Å². The predicted octanol–water partition coefficient (Wildman–Crippen LogP) is 6.62. The normalized spacial score (nSPS) is 12.9. The molecule has 1 nitrogen and oxygen atoms in total. The van der Waals surface area contributed by atoms with E-state index in [1.165, 1.54) is 15.3 Å². The van der Waals surface area contributed by atoms with Crippen molar-refractivity contribution in [2.24, 2.45) is 5.92 Å². The molecule has 108 valence electrons. The van der Waals surface area contributed by atoms with Crippen molar-refractivity contribution in [1.29, 1.82) is 0 Å². The van der Waals surface area contributed by atoms with E-state index in [0.29, 0.717) is 12.0 Å². The van der Waals surface area contributed by atoms with Gasteiger partial charge >= 0.3 is 0 Å². The molecule has 0 aliphatic heterocycles. The largest absolute Gasteiger partial charge is 0.312 e. The van der Waals surface area contributed by atoms with E-state index in [1.807, 2.05) is 18.4 Å². The van der Waals surface area contributed by atoms with Crippen molar-refractivity contribution in [2.75, 3.05) is 7.05 Å². The molecule has 1 heterocycles. The highest BCUT2D eigenvalue weighted by atomic mass is 79.9. The first-order chi connectivity index (χ1) is 9.43. The van der Waals surface area contributed by atoms with Crippen LogP contribution in [-0.2, 0) is 0 Å². The zero-order chi connectivity index (χ0) is 14.9. The average molecular weight is 482 g/mol. The molecule has 1 unspecified atom stereocenters. The van der Waals surface area contributed by atoms with Gasteiger partial charge in [-0.2, -0.15) is 0 Å². The quantitative estimate of drug-likeness (QED) is 0.517. The maximum Gasteiger partial charge on any atom is 0.0435 e. The molecule has 20 heavy (non-hydrogen) atoms. The third-order valence-electron chi connectivity index (χ3n) is 3.16. The van der Waals surface area contributed by atoms with Gasteiger partial charge in [0, 0.05) is 34.8 Å². The Kier molecular flexibility index (Phi) is 5.88. The van der Waals surface area contributed by atoms with E-state index < -0.39 is 0 Å². The van der Waals surface area contributed by atoms with Gasteiger partial charge in [0.25, 0.3) is 0 Å². The molecule has 0 spiro atoms. The fourth-order valence-electron chi connectivity index (χ4n) is 2.24. The predicted molar refractivity (Wildman–Crippen MR) is 99.5 cm³/mol. The van der Waals surface area contributed by atoms with Crippen molar-refractivity contribution in [3.63, 3.8) is 0 Å². The SMILES string of the molecule is CNC(c1ccc(-c2c(Br)cc(Br)cc2Br)s1)C(C)C. The van der Waals surface area contributed by atoms with E-state index in [4.69, 9.17) is 0 Å². The molecule has 0 amide bonds. The second-order valence-corrected chi connectivity index (χ2v) is 8.70. The van der Waals surface area contributed by atoms with E-state index in [9.17, 15) is 0 Å². The van der Waals surface area contributed by atoms with E-state index >= 15 is 0 Å². The number of nitrogens with one attached hydrogen (secondary N) is 1. The van der Waals surface area contributed by atoms with Gasteiger partial charge in [-0.3, -0.25) is 0 Å². The maximum absolute atomic E-state index is 3.66. The highest BCUT2D eigenvalue weighted by Gasteiger charge is 2.18. The van der Waals surface area contributed by atoms with Gasteiger partial charge in [-0.25, -0.2) is 0 Å². The van der Waals surface area contributed by atoms with Gasteiger partial charge in [0.15, 0.2) is 0 Å². The van der Waals surface area contributed by atoms with Gasteiger partial charge in [0.1, 0.15) is 0 Å². The summed E-state index contributed by atoms with van der Waals surface area (Å²) < 4.78 is 3.25.